The van der Waals surface area contributed by atoms with Crippen molar-refractivity contribution in [3.8, 4) is 6.07 Å². The SMILES string of the molecule is CC1CCCC(S(=O)(=O)CCCC(C)(C)C#N)C1. The maximum absolute atomic E-state index is 12.2. The van der Waals surface area contributed by atoms with Gasteiger partial charge in [0.1, 0.15) is 0 Å². The zero-order chi connectivity index (χ0) is 13.8. The quantitative estimate of drug-likeness (QED) is 0.770. The molecule has 0 radical (unpaired) electrons. The standard InChI is InChI=1S/C14H25NO2S/c1-12-6-4-7-13(10-12)18(16,17)9-5-8-14(2,3)11-15/h12-13H,4-10H2,1-3H3. The summed E-state index contributed by atoms with van der Waals surface area (Å²) < 4.78 is 24.4. The van der Waals surface area contributed by atoms with Crippen LogP contribution in [0.15, 0.2) is 0 Å². The molecule has 1 fully saturated rings. The summed E-state index contributed by atoms with van der Waals surface area (Å²) >= 11 is 0. The van der Waals surface area contributed by atoms with Gasteiger partial charge in [0, 0.05) is 0 Å². The summed E-state index contributed by atoms with van der Waals surface area (Å²) in [6.07, 6.45) is 5.11. The molecule has 0 amide bonds. The zero-order valence-electron chi connectivity index (χ0n) is 11.8. The van der Waals surface area contributed by atoms with Crippen LogP contribution in [0, 0.1) is 22.7 Å². The fraction of sp³-hybridized carbons (Fsp3) is 0.929. The van der Waals surface area contributed by atoms with Crippen LogP contribution < -0.4 is 0 Å². The van der Waals surface area contributed by atoms with Crippen molar-refractivity contribution in [3.63, 3.8) is 0 Å². The van der Waals surface area contributed by atoms with Crippen LogP contribution in [-0.2, 0) is 9.84 Å². The highest BCUT2D eigenvalue weighted by Crippen LogP contribution is 2.30. The molecule has 0 heterocycles. The molecule has 0 N–H and O–H groups in total. The van der Waals surface area contributed by atoms with Crippen molar-refractivity contribution in [2.24, 2.45) is 11.3 Å². The van der Waals surface area contributed by atoms with Gasteiger partial charge in [0.25, 0.3) is 0 Å². The van der Waals surface area contributed by atoms with Crippen LogP contribution in [0.4, 0.5) is 0 Å². The molecule has 4 heteroatoms. The molecule has 1 aliphatic carbocycles. The Kier molecular flexibility index (Phi) is 5.21. The normalized spacial score (nSPS) is 25.7. The van der Waals surface area contributed by atoms with Crippen molar-refractivity contribution in [3.05, 3.63) is 0 Å². The first-order valence-corrected chi connectivity index (χ1v) is 8.61. The number of rotatable bonds is 5. The van der Waals surface area contributed by atoms with Crippen LogP contribution in [0.1, 0.15) is 59.3 Å². The Hall–Kier alpha value is -0.560. The maximum Gasteiger partial charge on any atom is 0.153 e. The largest absolute Gasteiger partial charge is 0.229 e. The van der Waals surface area contributed by atoms with Gasteiger partial charge < -0.3 is 0 Å². The molecule has 0 bridgehead atoms. The molecule has 0 spiro atoms. The Balaban J connectivity index is 2.48. The zero-order valence-corrected chi connectivity index (χ0v) is 12.6. The van der Waals surface area contributed by atoms with E-state index in [4.69, 9.17) is 5.26 Å². The van der Waals surface area contributed by atoms with Crippen molar-refractivity contribution >= 4 is 9.84 Å². The van der Waals surface area contributed by atoms with Gasteiger partial charge in [0.15, 0.2) is 9.84 Å². The second-order valence-electron chi connectivity index (χ2n) is 6.36. The summed E-state index contributed by atoms with van der Waals surface area (Å²) in [6.45, 7) is 5.87. The highest BCUT2D eigenvalue weighted by Gasteiger charge is 2.30. The Morgan fingerprint density at radius 2 is 2.00 bits per heavy atom. The third-order valence-corrected chi connectivity index (χ3v) is 6.23. The van der Waals surface area contributed by atoms with E-state index in [0.29, 0.717) is 18.8 Å². The summed E-state index contributed by atoms with van der Waals surface area (Å²) in [5.74, 6) is 0.782. The molecule has 0 aromatic heterocycles. The minimum absolute atomic E-state index is 0.133. The smallest absolute Gasteiger partial charge is 0.153 e. The summed E-state index contributed by atoms with van der Waals surface area (Å²) in [5, 5.41) is 8.77. The highest BCUT2D eigenvalue weighted by atomic mass is 32.2. The Labute approximate surface area is 111 Å². The van der Waals surface area contributed by atoms with Crippen LogP contribution in [-0.4, -0.2) is 19.4 Å². The third kappa shape index (κ3) is 4.61. The summed E-state index contributed by atoms with van der Waals surface area (Å²) in [5.41, 5.74) is -0.407. The van der Waals surface area contributed by atoms with E-state index in [2.05, 4.69) is 13.0 Å². The fourth-order valence-electron chi connectivity index (χ4n) is 2.64. The lowest BCUT2D eigenvalue weighted by Crippen LogP contribution is -2.29. The Morgan fingerprint density at radius 3 is 2.56 bits per heavy atom. The predicted molar refractivity (Wildman–Crippen MR) is 73.8 cm³/mol. The summed E-state index contributed by atoms with van der Waals surface area (Å²) in [6, 6.07) is 2.22. The molecule has 18 heavy (non-hydrogen) atoms. The lowest BCUT2D eigenvalue weighted by molar-refractivity contribution is 0.380. The van der Waals surface area contributed by atoms with Crippen molar-refractivity contribution in [1.29, 1.82) is 5.26 Å². The van der Waals surface area contributed by atoms with E-state index in [1.54, 1.807) is 0 Å². The van der Waals surface area contributed by atoms with E-state index >= 15 is 0 Å². The number of nitrogens with zero attached hydrogens (tertiary/aromatic N) is 1. The molecule has 1 aliphatic rings. The van der Waals surface area contributed by atoms with Gasteiger partial charge in [-0.3, -0.25) is 0 Å². The van der Waals surface area contributed by atoms with Crippen LogP contribution in [0.2, 0.25) is 0 Å². The molecular formula is C14H25NO2S. The van der Waals surface area contributed by atoms with Crippen LogP contribution >= 0.6 is 0 Å². The number of hydrogen-bond acceptors (Lipinski definition) is 3. The van der Waals surface area contributed by atoms with Crippen molar-refractivity contribution in [2.75, 3.05) is 5.75 Å². The topological polar surface area (TPSA) is 57.9 Å². The Morgan fingerprint density at radius 1 is 1.33 bits per heavy atom. The monoisotopic (exact) mass is 271 g/mol. The Bertz CT molecular complexity index is 406. The minimum atomic E-state index is -2.96. The van der Waals surface area contributed by atoms with Gasteiger partial charge in [0.05, 0.1) is 22.5 Å². The summed E-state index contributed by atoms with van der Waals surface area (Å²) in [7, 11) is -2.96. The molecule has 1 saturated carbocycles. The molecule has 3 nitrogen and oxygen atoms in total. The van der Waals surface area contributed by atoms with E-state index < -0.39 is 15.3 Å². The average molecular weight is 271 g/mol. The second-order valence-corrected chi connectivity index (χ2v) is 8.76. The molecule has 2 atom stereocenters. The van der Waals surface area contributed by atoms with Crippen molar-refractivity contribution in [2.45, 2.75) is 64.5 Å². The van der Waals surface area contributed by atoms with Crippen LogP contribution in [0.25, 0.3) is 0 Å². The van der Waals surface area contributed by atoms with Gasteiger partial charge in [0.2, 0.25) is 0 Å². The van der Waals surface area contributed by atoms with Gasteiger partial charge >= 0.3 is 0 Å². The second kappa shape index (κ2) is 6.06. The molecule has 104 valence electrons. The van der Waals surface area contributed by atoms with E-state index in [-0.39, 0.29) is 11.0 Å². The van der Waals surface area contributed by atoms with Crippen LogP contribution in [0.5, 0.6) is 0 Å². The van der Waals surface area contributed by atoms with Crippen molar-refractivity contribution in [1.82, 2.24) is 0 Å². The lowest BCUT2D eigenvalue weighted by atomic mass is 9.90. The number of hydrogen-bond donors (Lipinski definition) is 0. The lowest BCUT2D eigenvalue weighted by Gasteiger charge is -2.26. The van der Waals surface area contributed by atoms with Gasteiger partial charge in [-0.1, -0.05) is 19.8 Å². The predicted octanol–water partition coefficient (Wildman–Crippen LogP) is 3.31. The molecule has 0 saturated heterocycles. The fourth-order valence-corrected chi connectivity index (χ4v) is 4.67. The molecule has 2 unspecified atom stereocenters. The minimum Gasteiger partial charge on any atom is -0.229 e. The molecule has 1 rings (SSSR count). The highest BCUT2D eigenvalue weighted by molar-refractivity contribution is 7.92. The van der Waals surface area contributed by atoms with E-state index in [1.807, 2.05) is 13.8 Å². The first-order valence-electron chi connectivity index (χ1n) is 6.90. The molecule has 0 aromatic rings. The average Bonchev–Trinajstić information content (AvgIpc) is 2.28. The van der Waals surface area contributed by atoms with Crippen LogP contribution in [0.3, 0.4) is 0 Å². The number of sulfone groups is 1. The summed E-state index contributed by atoms with van der Waals surface area (Å²) in [4.78, 5) is 0. The van der Waals surface area contributed by atoms with Gasteiger partial charge in [-0.25, -0.2) is 8.42 Å². The molecular weight excluding hydrogens is 246 g/mol. The first kappa shape index (κ1) is 15.5. The van der Waals surface area contributed by atoms with Gasteiger partial charge in [-0.15, -0.1) is 0 Å². The number of nitriles is 1. The van der Waals surface area contributed by atoms with Gasteiger partial charge in [-0.2, -0.15) is 5.26 Å². The van der Waals surface area contributed by atoms with E-state index in [9.17, 15) is 8.42 Å². The third-order valence-electron chi connectivity index (χ3n) is 3.93. The molecule has 0 aliphatic heterocycles. The first-order chi connectivity index (χ1) is 8.27. The maximum atomic E-state index is 12.2. The van der Waals surface area contributed by atoms with E-state index in [1.165, 1.54) is 0 Å². The van der Waals surface area contributed by atoms with Gasteiger partial charge in [-0.05, 0) is 45.4 Å². The molecule has 0 aromatic carbocycles. The van der Waals surface area contributed by atoms with Crippen molar-refractivity contribution < 1.29 is 8.42 Å². The van der Waals surface area contributed by atoms with E-state index in [0.717, 1.165) is 25.7 Å².